The zero-order chi connectivity index (χ0) is 19.7. The van der Waals surface area contributed by atoms with E-state index in [0.29, 0.717) is 22.9 Å². The molecule has 2 aromatic carbocycles. The van der Waals surface area contributed by atoms with Crippen LogP contribution >= 0.6 is 0 Å². The topological polar surface area (TPSA) is 71.1 Å². The number of amides is 2. The number of nitrogens with zero attached hydrogens (tertiary/aromatic N) is 1. The summed E-state index contributed by atoms with van der Waals surface area (Å²) in [6.45, 7) is 3.97. The molecule has 4 rings (SSSR count). The van der Waals surface area contributed by atoms with Gasteiger partial charge in [-0.3, -0.25) is 14.6 Å². The zero-order valence-electron chi connectivity index (χ0n) is 16.1. The highest BCUT2D eigenvalue weighted by Gasteiger charge is 2.24. The van der Waals surface area contributed by atoms with Gasteiger partial charge in [0, 0.05) is 28.4 Å². The van der Waals surface area contributed by atoms with Gasteiger partial charge in [-0.1, -0.05) is 31.2 Å². The molecule has 5 nitrogen and oxygen atoms in total. The van der Waals surface area contributed by atoms with Crippen molar-refractivity contribution < 1.29 is 9.59 Å². The van der Waals surface area contributed by atoms with Crippen LogP contribution in [0.3, 0.4) is 0 Å². The van der Waals surface area contributed by atoms with Gasteiger partial charge in [-0.15, -0.1) is 0 Å². The van der Waals surface area contributed by atoms with Crippen molar-refractivity contribution in [3.8, 4) is 0 Å². The van der Waals surface area contributed by atoms with Gasteiger partial charge in [-0.05, 0) is 56.0 Å². The summed E-state index contributed by atoms with van der Waals surface area (Å²) in [6, 6.07) is 15.0. The van der Waals surface area contributed by atoms with Crippen molar-refractivity contribution in [3.63, 3.8) is 0 Å². The number of carbonyl (C=O) groups is 2. The van der Waals surface area contributed by atoms with Crippen LogP contribution in [0.2, 0.25) is 0 Å². The van der Waals surface area contributed by atoms with Crippen LogP contribution in [0.15, 0.2) is 48.5 Å². The Balaban J connectivity index is 1.65. The monoisotopic (exact) mass is 373 g/mol. The second-order valence-corrected chi connectivity index (χ2v) is 7.21. The first-order chi connectivity index (χ1) is 13.6. The van der Waals surface area contributed by atoms with E-state index in [9.17, 15) is 9.59 Å². The molecule has 2 N–H and O–H groups in total. The Kier molecular flexibility index (Phi) is 4.82. The minimum Gasteiger partial charge on any atom is -0.349 e. The Morgan fingerprint density at radius 1 is 1.07 bits per heavy atom. The number of nitrogens with one attached hydrogen (secondary N) is 2. The van der Waals surface area contributed by atoms with E-state index in [1.807, 2.05) is 38.1 Å². The van der Waals surface area contributed by atoms with Crippen molar-refractivity contribution in [3.05, 3.63) is 70.9 Å². The first-order valence-corrected chi connectivity index (χ1v) is 9.67. The third-order valence-corrected chi connectivity index (χ3v) is 5.09. The smallest absolute Gasteiger partial charge is 0.256 e. The molecule has 0 bridgehead atoms. The largest absolute Gasteiger partial charge is 0.349 e. The van der Waals surface area contributed by atoms with E-state index < -0.39 is 0 Å². The average molecular weight is 373 g/mol. The fourth-order valence-electron chi connectivity index (χ4n) is 3.42. The maximum absolute atomic E-state index is 13.1. The van der Waals surface area contributed by atoms with Gasteiger partial charge in [0.1, 0.15) is 0 Å². The summed E-state index contributed by atoms with van der Waals surface area (Å²) < 4.78 is 0. The fraction of sp³-hybridized carbons (Fsp3) is 0.261. The number of hydrogen-bond donors (Lipinski definition) is 2. The predicted octanol–water partition coefficient (Wildman–Crippen LogP) is 4.25. The Morgan fingerprint density at radius 2 is 1.86 bits per heavy atom. The van der Waals surface area contributed by atoms with Crippen LogP contribution in [0.1, 0.15) is 51.7 Å². The molecule has 0 atom stereocenters. The number of rotatable bonds is 5. The summed E-state index contributed by atoms with van der Waals surface area (Å²) in [5, 5.41) is 6.76. The number of anilines is 1. The Hall–Kier alpha value is -3.21. The summed E-state index contributed by atoms with van der Waals surface area (Å²) in [4.78, 5) is 30.1. The summed E-state index contributed by atoms with van der Waals surface area (Å²) in [7, 11) is 0. The molecule has 1 aliphatic rings. The van der Waals surface area contributed by atoms with Crippen molar-refractivity contribution in [2.75, 3.05) is 5.32 Å². The Bertz CT molecular complexity index is 1070. The van der Waals surface area contributed by atoms with Gasteiger partial charge in [0.15, 0.2) is 0 Å². The molecule has 0 unspecified atom stereocenters. The van der Waals surface area contributed by atoms with Crippen LogP contribution in [0.25, 0.3) is 10.9 Å². The van der Waals surface area contributed by atoms with Crippen LogP contribution < -0.4 is 10.6 Å². The third kappa shape index (κ3) is 3.60. The Labute approximate surface area is 164 Å². The van der Waals surface area contributed by atoms with Crippen molar-refractivity contribution in [2.24, 2.45) is 0 Å². The molecule has 1 heterocycles. The van der Waals surface area contributed by atoms with E-state index in [1.54, 1.807) is 24.3 Å². The lowest BCUT2D eigenvalue weighted by Gasteiger charge is -2.14. The molecule has 1 fully saturated rings. The average Bonchev–Trinajstić information content (AvgIpc) is 3.51. The summed E-state index contributed by atoms with van der Waals surface area (Å²) in [5.41, 5.74) is 4.41. The number of aryl methyl sites for hydroxylation is 1. The van der Waals surface area contributed by atoms with Gasteiger partial charge < -0.3 is 10.6 Å². The lowest BCUT2D eigenvalue weighted by molar-refractivity contribution is 0.0949. The van der Waals surface area contributed by atoms with Crippen LogP contribution in [0.4, 0.5) is 5.69 Å². The van der Waals surface area contributed by atoms with E-state index in [0.717, 1.165) is 41.4 Å². The van der Waals surface area contributed by atoms with Gasteiger partial charge in [0.05, 0.1) is 11.1 Å². The van der Waals surface area contributed by atoms with E-state index in [1.165, 1.54) is 0 Å². The van der Waals surface area contributed by atoms with Crippen LogP contribution in [-0.2, 0) is 6.42 Å². The molecule has 5 heteroatoms. The Morgan fingerprint density at radius 3 is 2.61 bits per heavy atom. The zero-order valence-corrected chi connectivity index (χ0v) is 16.1. The summed E-state index contributed by atoms with van der Waals surface area (Å²) >= 11 is 0. The van der Waals surface area contributed by atoms with Crippen LogP contribution in [0, 0.1) is 6.92 Å². The second-order valence-electron chi connectivity index (χ2n) is 7.21. The van der Waals surface area contributed by atoms with Crippen LogP contribution in [0.5, 0.6) is 0 Å². The maximum Gasteiger partial charge on any atom is 0.256 e. The molecular weight excluding hydrogens is 350 g/mol. The molecule has 1 aromatic heterocycles. The van der Waals surface area contributed by atoms with Crippen molar-refractivity contribution >= 4 is 28.4 Å². The SMILES string of the molecule is CCc1nc2ccccc2c(C(=O)Nc2cccc(C(=O)NC3CC3)c2)c1C. The van der Waals surface area contributed by atoms with E-state index in [2.05, 4.69) is 15.6 Å². The summed E-state index contributed by atoms with van der Waals surface area (Å²) in [5.74, 6) is -0.289. The number of hydrogen-bond acceptors (Lipinski definition) is 3. The maximum atomic E-state index is 13.1. The summed E-state index contributed by atoms with van der Waals surface area (Å²) in [6.07, 6.45) is 2.83. The molecule has 0 radical (unpaired) electrons. The number of benzene rings is 2. The van der Waals surface area contributed by atoms with Crippen molar-refractivity contribution in [2.45, 2.75) is 39.2 Å². The standard InChI is InChI=1S/C23H23N3O2/c1-3-19-14(2)21(18-9-4-5-10-20(18)26-19)23(28)25-17-8-6-7-15(13-17)22(27)24-16-11-12-16/h4-10,13,16H,3,11-12H2,1-2H3,(H,24,27)(H,25,28). The predicted molar refractivity (Wildman–Crippen MR) is 111 cm³/mol. The van der Waals surface area contributed by atoms with Crippen LogP contribution in [-0.4, -0.2) is 22.8 Å². The molecule has 0 saturated heterocycles. The molecule has 0 spiro atoms. The number of pyridine rings is 1. The normalized spacial score (nSPS) is 13.4. The highest BCUT2D eigenvalue weighted by molar-refractivity contribution is 6.13. The van der Waals surface area contributed by atoms with Gasteiger partial charge in [0.25, 0.3) is 11.8 Å². The molecule has 0 aliphatic heterocycles. The first kappa shape index (κ1) is 18.2. The third-order valence-electron chi connectivity index (χ3n) is 5.09. The first-order valence-electron chi connectivity index (χ1n) is 9.67. The molecule has 2 amide bonds. The van der Waals surface area contributed by atoms with Gasteiger partial charge in [0.2, 0.25) is 0 Å². The molecule has 142 valence electrons. The fourth-order valence-corrected chi connectivity index (χ4v) is 3.42. The molecule has 28 heavy (non-hydrogen) atoms. The molecule has 1 saturated carbocycles. The van der Waals surface area contributed by atoms with Crippen molar-refractivity contribution in [1.82, 2.24) is 10.3 Å². The molecule has 3 aromatic rings. The molecular formula is C23H23N3O2. The number of para-hydroxylation sites is 1. The minimum atomic E-state index is -0.189. The van der Waals surface area contributed by atoms with Gasteiger partial charge in [-0.2, -0.15) is 0 Å². The van der Waals surface area contributed by atoms with E-state index >= 15 is 0 Å². The van der Waals surface area contributed by atoms with Crippen molar-refractivity contribution in [1.29, 1.82) is 0 Å². The molecule has 1 aliphatic carbocycles. The number of aromatic nitrogens is 1. The van der Waals surface area contributed by atoms with Gasteiger partial charge in [-0.25, -0.2) is 0 Å². The van der Waals surface area contributed by atoms with E-state index in [-0.39, 0.29) is 11.8 Å². The van der Waals surface area contributed by atoms with Gasteiger partial charge >= 0.3 is 0 Å². The lowest BCUT2D eigenvalue weighted by atomic mass is 9.99. The quantitative estimate of drug-likeness (QED) is 0.702. The number of carbonyl (C=O) groups excluding carboxylic acids is 2. The number of fused-ring (bicyclic) bond motifs is 1. The highest BCUT2D eigenvalue weighted by Crippen LogP contribution is 2.25. The highest BCUT2D eigenvalue weighted by atomic mass is 16.2. The second kappa shape index (κ2) is 7.43. The minimum absolute atomic E-state index is 0.0996. The lowest BCUT2D eigenvalue weighted by Crippen LogP contribution is -2.25. The van der Waals surface area contributed by atoms with E-state index in [4.69, 9.17) is 0 Å².